The smallest absolute Gasteiger partial charge is 0.235 e. The number of phenolic OH excluding ortho intramolecular Hbond substituents is 4. The first-order valence-corrected chi connectivity index (χ1v) is 11.8. The number of phenols is 4. The summed E-state index contributed by atoms with van der Waals surface area (Å²) in [4.78, 5) is 24.1. The molecular formula is C30H22O9. The maximum Gasteiger partial charge on any atom is 0.235 e. The second-order valence-corrected chi connectivity index (χ2v) is 8.78. The van der Waals surface area contributed by atoms with E-state index < -0.39 is 23.0 Å². The van der Waals surface area contributed by atoms with Crippen LogP contribution in [0.4, 0.5) is 0 Å². The molecule has 0 aliphatic carbocycles. The highest BCUT2D eigenvalue weighted by molar-refractivity contribution is 6.00. The number of hydrogen-bond donors (Lipinski definition) is 5. The fourth-order valence-corrected chi connectivity index (χ4v) is 4.24. The number of ether oxygens (including phenoxy) is 1. The highest BCUT2D eigenvalue weighted by Crippen LogP contribution is 2.38. The van der Waals surface area contributed by atoms with Crippen LogP contribution in [0, 0.1) is 0 Å². The van der Waals surface area contributed by atoms with Crippen molar-refractivity contribution in [2.45, 2.75) is 12.5 Å². The number of para-hydroxylation sites is 2. The molecule has 0 bridgehead atoms. The number of benzene rings is 4. The Morgan fingerprint density at radius 2 is 1.46 bits per heavy atom. The lowest BCUT2D eigenvalue weighted by atomic mass is 9.96. The standard InChI is InChI=1S/C15H10O6.C15H12O3/c16-8-2-4-12-9(6-8)13(19)14(20)15(21-12)7-1-3-10(17)11(18)5-7;16-12-7-3-1-5-10(12)15-9-13(17)11-6-2-4-8-14(11)18-15/h1-6,16-18,20H;1-8,15-16H,9H2. The Kier molecular flexibility index (Phi) is 6.56. The number of Topliss-reactive ketones (excluding diaryl/α,β-unsaturated/α-hetero) is 1. The Morgan fingerprint density at radius 3 is 2.23 bits per heavy atom. The minimum Gasteiger partial charge on any atom is -0.508 e. The number of ketones is 1. The van der Waals surface area contributed by atoms with Gasteiger partial charge < -0.3 is 34.7 Å². The summed E-state index contributed by atoms with van der Waals surface area (Å²) in [7, 11) is 0. The number of rotatable bonds is 2. The molecule has 5 N–H and O–H groups in total. The van der Waals surface area contributed by atoms with Gasteiger partial charge in [-0.15, -0.1) is 0 Å². The molecule has 196 valence electrons. The second kappa shape index (κ2) is 10.1. The molecular weight excluding hydrogens is 504 g/mol. The Labute approximate surface area is 221 Å². The number of carbonyl (C=O) groups excluding carboxylic acids is 1. The van der Waals surface area contributed by atoms with E-state index >= 15 is 0 Å². The van der Waals surface area contributed by atoms with E-state index in [-0.39, 0.29) is 51.7 Å². The second-order valence-electron chi connectivity index (χ2n) is 8.78. The van der Waals surface area contributed by atoms with Crippen molar-refractivity contribution in [3.05, 3.63) is 106 Å². The normalized spacial score (nSPS) is 14.2. The third-order valence-corrected chi connectivity index (χ3v) is 6.20. The van der Waals surface area contributed by atoms with Crippen LogP contribution >= 0.6 is 0 Å². The van der Waals surface area contributed by atoms with Crippen LogP contribution in [0.15, 0.2) is 94.1 Å². The lowest BCUT2D eigenvalue weighted by Crippen LogP contribution is -2.20. The zero-order valence-corrected chi connectivity index (χ0v) is 20.2. The van der Waals surface area contributed by atoms with Gasteiger partial charge in [-0.3, -0.25) is 9.59 Å². The summed E-state index contributed by atoms with van der Waals surface area (Å²) in [5.74, 6) is -0.829. The zero-order valence-electron chi connectivity index (χ0n) is 20.2. The fraction of sp³-hybridized carbons (Fsp3) is 0.0667. The maximum atomic E-state index is 12.1. The largest absolute Gasteiger partial charge is 0.508 e. The first-order valence-electron chi connectivity index (χ1n) is 11.8. The molecule has 0 spiro atoms. The monoisotopic (exact) mass is 526 g/mol. The summed E-state index contributed by atoms with van der Waals surface area (Å²) in [5, 5.41) is 48.0. The van der Waals surface area contributed by atoms with Gasteiger partial charge in [0, 0.05) is 11.1 Å². The minimum absolute atomic E-state index is 0.0410. The summed E-state index contributed by atoms with van der Waals surface area (Å²) >= 11 is 0. The van der Waals surface area contributed by atoms with Crippen molar-refractivity contribution in [2.24, 2.45) is 0 Å². The first kappa shape index (κ1) is 25.2. The molecule has 1 aliphatic rings. The van der Waals surface area contributed by atoms with Gasteiger partial charge in [-0.2, -0.15) is 0 Å². The number of carbonyl (C=O) groups is 1. The number of hydrogen-bond acceptors (Lipinski definition) is 9. The van der Waals surface area contributed by atoms with Crippen LogP contribution in [-0.2, 0) is 0 Å². The molecule has 0 saturated carbocycles. The van der Waals surface area contributed by atoms with E-state index in [1.165, 1.54) is 36.4 Å². The van der Waals surface area contributed by atoms with Crippen LogP contribution in [-0.4, -0.2) is 31.3 Å². The van der Waals surface area contributed by atoms with Crippen molar-refractivity contribution in [1.82, 2.24) is 0 Å². The molecule has 39 heavy (non-hydrogen) atoms. The van der Waals surface area contributed by atoms with Crippen molar-refractivity contribution >= 4 is 16.8 Å². The quantitative estimate of drug-likeness (QED) is 0.190. The molecule has 1 unspecified atom stereocenters. The van der Waals surface area contributed by atoms with Gasteiger partial charge in [0.15, 0.2) is 23.0 Å². The van der Waals surface area contributed by atoms with Crippen LogP contribution < -0.4 is 10.2 Å². The molecule has 1 aromatic heterocycles. The molecule has 0 fully saturated rings. The van der Waals surface area contributed by atoms with Crippen LogP contribution in [0.1, 0.15) is 28.4 Å². The summed E-state index contributed by atoms with van der Waals surface area (Å²) in [6, 6.07) is 21.8. The number of fused-ring (bicyclic) bond motifs is 2. The van der Waals surface area contributed by atoms with Gasteiger partial charge in [-0.1, -0.05) is 30.3 Å². The van der Waals surface area contributed by atoms with Gasteiger partial charge in [0.1, 0.15) is 28.9 Å². The minimum atomic E-state index is -0.699. The van der Waals surface area contributed by atoms with Crippen molar-refractivity contribution in [3.8, 4) is 45.8 Å². The van der Waals surface area contributed by atoms with Gasteiger partial charge in [-0.25, -0.2) is 0 Å². The molecule has 2 heterocycles. The van der Waals surface area contributed by atoms with Gasteiger partial charge in [0.05, 0.1) is 17.4 Å². The molecule has 0 amide bonds. The fourth-order valence-electron chi connectivity index (χ4n) is 4.24. The molecule has 9 nitrogen and oxygen atoms in total. The van der Waals surface area contributed by atoms with E-state index in [9.17, 15) is 35.1 Å². The molecule has 1 aliphatic heterocycles. The van der Waals surface area contributed by atoms with E-state index in [1.54, 1.807) is 30.3 Å². The average molecular weight is 526 g/mol. The summed E-state index contributed by atoms with van der Waals surface area (Å²) in [6.45, 7) is 0. The highest BCUT2D eigenvalue weighted by atomic mass is 16.5. The highest BCUT2D eigenvalue weighted by Gasteiger charge is 2.28. The van der Waals surface area contributed by atoms with Gasteiger partial charge in [0.2, 0.25) is 11.2 Å². The van der Waals surface area contributed by atoms with E-state index in [4.69, 9.17) is 9.15 Å². The van der Waals surface area contributed by atoms with Gasteiger partial charge >= 0.3 is 0 Å². The topological polar surface area (TPSA) is 158 Å². The van der Waals surface area contributed by atoms with E-state index in [0.29, 0.717) is 16.9 Å². The summed E-state index contributed by atoms with van der Waals surface area (Å²) < 4.78 is 11.2. The molecule has 0 radical (unpaired) electrons. The number of aromatic hydroxyl groups is 5. The SMILES string of the molecule is O=C1CC(c2ccccc2O)Oc2ccccc21.O=c1c(O)c(-c2ccc(O)c(O)c2)oc2ccc(O)cc12. The summed E-state index contributed by atoms with van der Waals surface area (Å²) in [6.07, 6.45) is -0.150. The van der Waals surface area contributed by atoms with Crippen molar-refractivity contribution in [2.75, 3.05) is 0 Å². The van der Waals surface area contributed by atoms with E-state index in [1.807, 2.05) is 18.2 Å². The predicted octanol–water partition coefficient (Wildman–Crippen LogP) is 5.38. The summed E-state index contributed by atoms with van der Waals surface area (Å²) in [5.41, 5.74) is 0.979. The maximum absolute atomic E-state index is 12.1. The average Bonchev–Trinajstić information content (AvgIpc) is 2.93. The third kappa shape index (κ3) is 4.93. The van der Waals surface area contributed by atoms with Crippen molar-refractivity contribution < 1.29 is 39.5 Å². The zero-order chi connectivity index (χ0) is 27.7. The van der Waals surface area contributed by atoms with E-state index in [2.05, 4.69) is 0 Å². The molecule has 5 aromatic rings. The van der Waals surface area contributed by atoms with Crippen LogP contribution in [0.3, 0.4) is 0 Å². The molecule has 4 aromatic carbocycles. The van der Waals surface area contributed by atoms with Crippen LogP contribution in [0.25, 0.3) is 22.3 Å². The van der Waals surface area contributed by atoms with Gasteiger partial charge in [0.25, 0.3) is 0 Å². The third-order valence-electron chi connectivity index (χ3n) is 6.20. The Morgan fingerprint density at radius 1 is 0.718 bits per heavy atom. The molecule has 6 rings (SSSR count). The molecule has 9 heteroatoms. The van der Waals surface area contributed by atoms with Crippen LogP contribution in [0.5, 0.6) is 34.5 Å². The lowest BCUT2D eigenvalue weighted by molar-refractivity contribution is 0.0847. The van der Waals surface area contributed by atoms with Crippen LogP contribution in [0.2, 0.25) is 0 Å². The van der Waals surface area contributed by atoms with Crippen molar-refractivity contribution in [1.29, 1.82) is 0 Å². The Hall–Kier alpha value is -5.44. The van der Waals surface area contributed by atoms with Crippen molar-refractivity contribution in [3.63, 3.8) is 0 Å². The Bertz CT molecular complexity index is 1770. The first-order chi connectivity index (χ1) is 18.7. The lowest BCUT2D eigenvalue weighted by Gasteiger charge is -2.25. The molecule has 1 atom stereocenters. The van der Waals surface area contributed by atoms with Gasteiger partial charge in [-0.05, 0) is 54.6 Å². The molecule has 0 saturated heterocycles. The Balaban J connectivity index is 0.000000160. The predicted molar refractivity (Wildman–Crippen MR) is 141 cm³/mol. The van der Waals surface area contributed by atoms with E-state index in [0.717, 1.165) is 0 Å².